The van der Waals surface area contributed by atoms with Crippen LogP contribution in [0.15, 0.2) is 51.2 Å². The number of phenols is 1. The van der Waals surface area contributed by atoms with E-state index >= 15 is 0 Å². The summed E-state index contributed by atoms with van der Waals surface area (Å²) < 4.78 is 12.1. The molecule has 2 aromatic carbocycles. The van der Waals surface area contributed by atoms with Gasteiger partial charge in [-0.2, -0.15) is 0 Å². The van der Waals surface area contributed by atoms with Crippen LogP contribution in [0.1, 0.15) is 44.4 Å². The van der Waals surface area contributed by atoms with Gasteiger partial charge in [-0.15, -0.1) is 0 Å². The first-order valence-corrected chi connectivity index (χ1v) is 10.3. The largest absolute Gasteiger partial charge is 0.508 e. The number of fused-ring (bicyclic) bond motifs is 3. The van der Waals surface area contributed by atoms with Gasteiger partial charge in [0.25, 0.3) is 0 Å². The molecule has 0 fully saturated rings. The zero-order valence-electron chi connectivity index (χ0n) is 18.4. The summed E-state index contributed by atoms with van der Waals surface area (Å²) in [5.74, 6) is 0.622. The van der Waals surface area contributed by atoms with E-state index in [1.165, 1.54) is 17.7 Å². The average molecular weight is 418 g/mol. The molecule has 31 heavy (non-hydrogen) atoms. The summed E-state index contributed by atoms with van der Waals surface area (Å²) in [6.07, 6.45) is 6.55. The molecule has 0 saturated heterocycles. The second-order valence-corrected chi connectivity index (χ2v) is 8.73. The van der Waals surface area contributed by atoms with Gasteiger partial charge in [0.1, 0.15) is 28.4 Å². The molecule has 0 unspecified atom stereocenters. The standard InChI is InChI=1S/C26H26O5/c1-14(2)6-11-18-15(3)20-22(28)21(16-7-9-17(27)10-8-16)25(29)30-24(20)19-12-13-26(4,5)31-23(18)19/h6-10,12-13,27-28H,11H2,1-5H3. The normalized spacial score (nSPS) is 14.2. The number of benzene rings is 2. The van der Waals surface area contributed by atoms with Gasteiger partial charge in [0.2, 0.25) is 0 Å². The Bertz CT molecular complexity index is 1300. The molecular weight excluding hydrogens is 392 g/mol. The summed E-state index contributed by atoms with van der Waals surface area (Å²) in [7, 11) is 0. The average Bonchev–Trinajstić information content (AvgIpc) is 2.68. The molecule has 0 bridgehead atoms. The van der Waals surface area contributed by atoms with E-state index in [1.807, 2.05) is 46.8 Å². The molecular formula is C26H26O5. The van der Waals surface area contributed by atoms with Crippen LogP contribution in [0.25, 0.3) is 28.2 Å². The highest BCUT2D eigenvalue weighted by molar-refractivity contribution is 6.00. The summed E-state index contributed by atoms with van der Waals surface area (Å²) in [6.45, 7) is 9.92. The van der Waals surface area contributed by atoms with Crippen molar-refractivity contribution in [2.75, 3.05) is 0 Å². The van der Waals surface area contributed by atoms with E-state index in [2.05, 4.69) is 6.08 Å². The van der Waals surface area contributed by atoms with Crippen LogP contribution in [0.4, 0.5) is 0 Å². The molecule has 4 rings (SSSR count). The maximum Gasteiger partial charge on any atom is 0.348 e. The molecule has 0 atom stereocenters. The second-order valence-electron chi connectivity index (χ2n) is 8.73. The fourth-order valence-corrected chi connectivity index (χ4v) is 3.93. The number of allylic oxidation sites excluding steroid dienone is 2. The predicted molar refractivity (Wildman–Crippen MR) is 123 cm³/mol. The van der Waals surface area contributed by atoms with Gasteiger partial charge in [-0.3, -0.25) is 0 Å². The zero-order chi connectivity index (χ0) is 22.5. The van der Waals surface area contributed by atoms with Crippen molar-refractivity contribution >= 4 is 17.0 Å². The van der Waals surface area contributed by atoms with Crippen LogP contribution in [0.2, 0.25) is 0 Å². The first-order chi connectivity index (χ1) is 14.6. The SMILES string of the molecule is CC(C)=CCc1c2c(c3oc(=O)c(-c4ccc(O)cc4)c(O)c3c1C)C=CC(C)(C)O2. The molecule has 160 valence electrons. The Kier molecular flexibility index (Phi) is 4.92. The number of aryl methyl sites for hydroxylation is 1. The first-order valence-electron chi connectivity index (χ1n) is 10.3. The van der Waals surface area contributed by atoms with Crippen LogP contribution >= 0.6 is 0 Å². The van der Waals surface area contributed by atoms with Crippen molar-refractivity contribution in [3.8, 4) is 28.4 Å². The minimum Gasteiger partial charge on any atom is -0.508 e. The van der Waals surface area contributed by atoms with Crippen LogP contribution < -0.4 is 10.4 Å². The van der Waals surface area contributed by atoms with Crippen LogP contribution in [0.3, 0.4) is 0 Å². The van der Waals surface area contributed by atoms with E-state index in [1.54, 1.807) is 12.1 Å². The molecule has 5 nitrogen and oxygen atoms in total. The van der Waals surface area contributed by atoms with E-state index in [0.717, 1.165) is 11.1 Å². The van der Waals surface area contributed by atoms with E-state index in [9.17, 15) is 15.0 Å². The highest BCUT2D eigenvalue weighted by atomic mass is 16.5. The van der Waals surface area contributed by atoms with Crippen LogP contribution in [0.5, 0.6) is 17.2 Å². The third kappa shape index (κ3) is 3.61. The third-order valence-electron chi connectivity index (χ3n) is 5.58. The fraction of sp³-hybridized carbons (Fsp3) is 0.269. The monoisotopic (exact) mass is 418 g/mol. The van der Waals surface area contributed by atoms with Crippen molar-refractivity contribution in [1.82, 2.24) is 0 Å². The van der Waals surface area contributed by atoms with Gasteiger partial charge in [0.15, 0.2) is 5.58 Å². The van der Waals surface area contributed by atoms with E-state index in [0.29, 0.717) is 34.3 Å². The summed E-state index contributed by atoms with van der Waals surface area (Å²) >= 11 is 0. The van der Waals surface area contributed by atoms with Gasteiger partial charge in [-0.05, 0) is 76.5 Å². The summed E-state index contributed by atoms with van der Waals surface area (Å²) in [5, 5.41) is 21.3. The van der Waals surface area contributed by atoms with Crippen molar-refractivity contribution < 1.29 is 19.4 Å². The predicted octanol–water partition coefficient (Wildman–Crippen LogP) is 5.87. The number of aromatic hydroxyl groups is 2. The van der Waals surface area contributed by atoms with Gasteiger partial charge in [-0.1, -0.05) is 23.8 Å². The van der Waals surface area contributed by atoms with Gasteiger partial charge < -0.3 is 19.4 Å². The van der Waals surface area contributed by atoms with Crippen molar-refractivity contribution in [3.63, 3.8) is 0 Å². The van der Waals surface area contributed by atoms with Gasteiger partial charge in [-0.25, -0.2) is 4.79 Å². The molecule has 2 heterocycles. The van der Waals surface area contributed by atoms with Crippen LogP contribution in [-0.2, 0) is 6.42 Å². The first kappa shape index (κ1) is 20.8. The fourth-order valence-electron chi connectivity index (χ4n) is 3.93. The lowest BCUT2D eigenvalue weighted by atomic mass is 9.90. The molecule has 0 saturated carbocycles. The molecule has 3 aromatic rings. The lowest BCUT2D eigenvalue weighted by Gasteiger charge is -2.31. The maximum atomic E-state index is 12.9. The van der Waals surface area contributed by atoms with Crippen molar-refractivity contribution in [2.24, 2.45) is 0 Å². The minimum absolute atomic E-state index is 0.0738. The topological polar surface area (TPSA) is 79.9 Å². The Morgan fingerprint density at radius 2 is 1.81 bits per heavy atom. The van der Waals surface area contributed by atoms with Crippen molar-refractivity contribution in [3.05, 3.63) is 69.1 Å². The quantitative estimate of drug-likeness (QED) is 0.411. The third-order valence-corrected chi connectivity index (χ3v) is 5.58. The highest BCUT2D eigenvalue weighted by Crippen LogP contribution is 2.45. The van der Waals surface area contributed by atoms with E-state index in [-0.39, 0.29) is 17.1 Å². The summed E-state index contributed by atoms with van der Waals surface area (Å²) in [6, 6.07) is 6.10. The Labute approximate surface area is 180 Å². The molecule has 1 aromatic heterocycles. The minimum atomic E-state index is -0.646. The smallest absolute Gasteiger partial charge is 0.348 e. The maximum absolute atomic E-state index is 12.9. The lowest BCUT2D eigenvalue weighted by Crippen LogP contribution is -2.28. The van der Waals surface area contributed by atoms with Gasteiger partial charge >= 0.3 is 5.63 Å². The Morgan fingerprint density at radius 1 is 1.13 bits per heavy atom. The Hall–Kier alpha value is -3.47. The Morgan fingerprint density at radius 3 is 2.45 bits per heavy atom. The number of rotatable bonds is 3. The molecule has 0 spiro atoms. The van der Waals surface area contributed by atoms with Crippen LogP contribution in [-0.4, -0.2) is 15.8 Å². The lowest BCUT2D eigenvalue weighted by molar-refractivity contribution is 0.157. The molecule has 0 amide bonds. The second kappa shape index (κ2) is 7.34. The van der Waals surface area contributed by atoms with E-state index in [4.69, 9.17) is 9.15 Å². The summed E-state index contributed by atoms with van der Waals surface area (Å²) in [5.41, 5.74) is 3.29. The highest BCUT2D eigenvalue weighted by Gasteiger charge is 2.30. The zero-order valence-corrected chi connectivity index (χ0v) is 18.4. The molecule has 1 aliphatic rings. The number of hydrogen-bond donors (Lipinski definition) is 2. The molecule has 0 aliphatic carbocycles. The number of phenolic OH excluding ortho intramolecular Hbond substituents is 1. The number of hydrogen-bond acceptors (Lipinski definition) is 5. The summed E-state index contributed by atoms with van der Waals surface area (Å²) in [4.78, 5) is 12.9. The molecule has 1 aliphatic heterocycles. The number of ether oxygens (including phenoxy) is 1. The molecule has 5 heteroatoms. The van der Waals surface area contributed by atoms with Gasteiger partial charge in [0.05, 0.1) is 10.9 Å². The Balaban J connectivity index is 2.10. The van der Waals surface area contributed by atoms with Crippen molar-refractivity contribution in [1.29, 1.82) is 0 Å². The van der Waals surface area contributed by atoms with Crippen LogP contribution in [0, 0.1) is 6.92 Å². The molecule has 2 N–H and O–H groups in total. The molecule has 0 radical (unpaired) electrons. The van der Waals surface area contributed by atoms with Crippen molar-refractivity contribution in [2.45, 2.75) is 46.6 Å². The van der Waals surface area contributed by atoms with E-state index < -0.39 is 11.2 Å². The van der Waals surface area contributed by atoms with Gasteiger partial charge in [0, 0.05) is 5.56 Å².